The van der Waals surface area contributed by atoms with E-state index < -0.39 is 5.38 Å². The molecule has 0 saturated heterocycles. The van der Waals surface area contributed by atoms with Gasteiger partial charge in [0.05, 0.1) is 11.1 Å². The van der Waals surface area contributed by atoms with Crippen molar-refractivity contribution in [2.75, 3.05) is 0 Å². The second-order valence-electron chi connectivity index (χ2n) is 4.67. The highest BCUT2D eigenvalue weighted by atomic mass is 79.9. The SMILES string of the molecule is Cc1cc(C(=O)C(C)Cl)c(C)n1-c1c(Br)cccc1Br. The van der Waals surface area contributed by atoms with Gasteiger partial charge in [0, 0.05) is 25.9 Å². The summed E-state index contributed by atoms with van der Waals surface area (Å²) in [5.74, 6) is -0.0470. The van der Waals surface area contributed by atoms with E-state index in [9.17, 15) is 4.79 Å². The summed E-state index contributed by atoms with van der Waals surface area (Å²) in [7, 11) is 0. The molecule has 1 unspecified atom stereocenters. The Labute approximate surface area is 140 Å². The first kappa shape index (κ1) is 15.8. The number of aryl methyl sites for hydroxylation is 1. The van der Waals surface area contributed by atoms with Crippen LogP contribution in [0.3, 0.4) is 0 Å². The standard InChI is InChI=1S/C15H14Br2ClNO/c1-8-7-11(15(20)9(2)18)10(3)19(8)14-12(16)5-4-6-13(14)17/h4-7,9H,1-3H3. The van der Waals surface area contributed by atoms with E-state index in [1.165, 1.54) is 0 Å². The van der Waals surface area contributed by atoms with E-state index in [1.807, 2.05) is 38.1 Å². The Kier molecular flexibility index (Phi) is 4.77. The van der Waals surface area contributed by atoms with Gasteiger partial charge in [-0.15, -0.1) is 11.6 Å². The minimum atomic E-state index is -0.522. The normalized spacial score (nSPS) is 12.5. The van der Waals surface area contributed by atoms with Crippen LogP contribution in [-0.4, -0.2) is 15.7 Å². The Balaban J connectivity index is 2.68. The molecule has 0 N–H and O–H groups in total. The maximum Gasteiger partial charge on any atom is 0.182 e. The molecular weight excluding hydrogens is 405 g/mol. The second-order valence-corrected chi connectivity index (χ2v) is 7.03. The largest absolute Gasteiger partial charge is 0.316 e. The molecule has 0 aliphatic rings. The highest BCUT2D eigenvalue weighted by Gasteiger charge is 2.21. The van der Waals surface area contributed by atoms with Gasteiger partial charge in [-0.3, -0.25) is 4.79 Å². The summed E-state index contributed by atoms with van der Waals surface area (Å²) in [6.45, 7) is 5.62. The van der Waals surface area contributed by atoms with Crippen molar-refractivity contribution in [1.29, 1.82) is 0 Å². The fourth-order valence-corrected chi connectivity index (χ4v) is 3.74. The van der Waals surface area contributed by atoms with Gasteiger partial charge in [-0.25, -0.2) is 0 Å². The van der Waals surface area contributed by atoms with Crippen LogP contribution >= 0.6 is 43.5 Å². The first-order chi connectivity index (χ1) is 9.34. The maximum atomic E-state index is 12.2. The van der Waals surface area contributed by atoms with Crippen LogP contribution in [0.15, 0.2) is 33.2 Å². The van der Waals surface area contributed by atoms with Crippen molar-refractivity contribution < 1.29 is 4.79 Å². The first-order valence-electron chi connectivity index (χ1n) is 6.16. The van der Waals surface area contributed by atoms with Crippen molar-refractivity contribution in [2.24, 2.45) is 0 Å². The van der Waals surface area contributed by atoms with Gasteiger partial charge in [0.15, 0.2) is 5.78 Å². The van der Waals surface area contributed by atoms with E-state index in [-0.39, 0.29) is 5.78 Å². The highest BCUT2D eigenvalue weighted by Crippen LogP contribution is 2.33. The topological polar surface area (TPSA) is 22.0 Å². The smallest absolute Gasteiger partial charge is 0.182 e. The molecule has 0 saturated carbocycles. The lowest BCUT2D eigenvalue weighted by molar-refractivity contribution is 0.0991. The van der Waals surface area contributed by atoms with Crippen molar-refractivity contribution in [3.05, 3.63) is 50.2 Å². The third kappa shape index (κ3) is 2.74. The number of Topliss-reactive ketones (excluding diaryl/α,β-unsaturated/α-hetero) is 1. The molecule has 0 aliphatic heterocycles. The number of hydrogen-bond donors (Lipinski definition) is 0. The minimum absolute atomic E-state index is 0.0470. The zero-order chi connectivity index (χ0) is 15.0. The molecule has 0 aliphatic carbocycles. The van der Waals surface area contributed by atoms with Gasteiger partial charge in [0.2, 0.25) is 0 Å². The lowest BCUT2D eigenvalue weighted by atomic mass is 10.1. The summed E-state index contributed by atoms with van der Waals surface area (Å²) in [6, 6.07) is 7.80. The average molecular weight is 420 g/mol. The van der Waals surface area contributed by atoms with E-state index in [1.54, 1.807) is 6.92 Å². The number of ketones is 1. The quantitative estimate of drug-likeness (QED) is 0.480. The molecule has 1 aromatic heterocycles. The first-order valence-corrected chi connectivity index (χ1v) is 8.18. The Morgan fingerprint density at radius 3 is 2.30 bits per heavy atom. The molecule has 2 rings (SSSR count). The number of alkyl halides is 1. The maximum absolute atomic E-state index is 12.2. The van der Waals surface area contributed by atoms with Gasteiger partial charge < -0.3 is 4.57 Å². The number of rotatable bonds is 3. The van der Waals surface area contributed by atoms with Crippen LogP contribution in [0.25, 0.3) is 5.69 Å². The molecule has 0 bridgehead atoms. The van der Waals surface area contributed by atoms with Crippen LogP contribution in [0.5, 0.6) is 0 Å². The number of carbonyl (C=O) groups is 1. The average Bonchev–Trinajstić information content (AvgIpc) is 2.65. The lowest BCUT2D eigenvalue weighted by Gasteiger charge is -2.14. The van der Waals surface area contributed by atoms with E-state index in [0.717, 1.165) is 26.0 Å². The molecule has 2 nitrogen and oxygen atoms in total. The zero-order valence-electron chi connectivity index (χ0n) is 11.4. The molecule has 0 radical (unpaired) electrons. The molecule has 0 amide bonds. The Morgan fingerprint density at radius 2 is 1.80 bits per heavy atom. The number of para-hydroxylation sites is 1. The van der Waals surface area contributed by atoms with Gasteiger partial charge in [-0.1, -0.05) is 6.07 Å². The van der Waals surface area contributed by atoms with Crippen LogP contribution in [-0.2, 0) is 0 Å². The number of carbonyl (C=O) groups excluding carboxylic acids is 1. The predicted octanol–water partition coefficient (Wildman–Crippen LogP) is 5.43. The van der Waals surface area contributed by atoms with Gasteiger partial charge in [-0.2, -0.15) is 0 Å². The zero-order valence-corrected chi connectivity index (χ0v) is 15.3. The van der Waals surface area contributed by atoms with Crippen LogP contribution < -0.4 is 0 Å². The van der Waals surface area contributed by atoms with E-state index >= 15 is 0 Å². The van der Waals surface area contributed by atoms with Crippen LogP contribution in [0, 0.1) is 13.8 Å². The summed E-state index contributed by atoms with van der Waals surface area (Å²) in [4.78, 5) is 12.2. The van der Waals surface area contributed by atoms with Gasteiger partial charge >= 0.3 is 0 Å². The molecule has 20 heavy (non-hydrogen) atoms. The van der Waals surface area contributed by atoms with Gasteiger partial charge in [-0.05, 0) is 70.8 Å². The molecule has 1 atom stereocenters. The molecular formula is C15H14Br2ClNO. The summed E-state index contributed by atoms with van der Waals surface area (Å²) < 4.78 is 3.99. The highest BCUT2D eigenvalue weighted by molar-refractivity contribution is 9.11. The van der Waals surface area contributed by atoms with Crippen LogP contribution in [0.4, 0.5) is 0 Å². The molecule has 5 heteroatoms. The second kappa shape index (κ2) is 6.04. The van der Waals surface area contributed by atoms with Gasteiger partial charge in [0.25, 0.3) is 0 Å². The monoisotopic (exact) mass is 417 g/mol. The fourth-order valence-electron chi connectivity index (χ4n) is 2.27. The van der Waals surface area contributed by atoms with Crippen molar-refractivity contribution in [3.8, 4) is 5.69 Å². The van der Waals surface area contributed by atoms with Crippen LogP contribution in [0.1, 0.15) is 28.7 Å². The minimum Gasteiger partial charge on any atom is -0.316 e. The molecule has 1 aromatic carbocycles. The Hall–Kier alpha value is -0.580. The number of aromatic nitrogens is 1. The summed E-state index contributed by atoms with van der Waals surface area (Å²) in [5, 5.41) is -0.522. The van der Waals surface area contributed by atoms with E-state index in [2.05, 4.69) is 36.4 Å². The third-order valence-corrected chi connectivity index (χ3v) is 4.70. The number of halogens is 3. The molecule has 2 aromatic rings. The van der Waals surface area contributed by atoms with Crippen molar-refractivity contribution in [2.45, 2.75) is 26.1 Å². The molecule has 1 heterocycles. The van der Waals surface area contributed by atoms with Gasteiger partial charge in [0.1, 0.15) is 0 Å². The van der Waals surface area contributed by atoms with Crippen molar-refractivity contribution in [3.63, 3.8) is 0 Å². The van der Waals surface area contributed by atoms with Crippen molar-refractivity contribution in [1.82, 2.24) is 4.57 Å². The van der Waals surface area contributed by atoms with Crippen molar-refractivity contribution >= 4 is 49.2 Å². The third-order valence-electron chi connectivity index (χ3n) is 3.22. The predicted molar refractivity (Wildman–Crippen MR) is 90.3 cm³/mol. The van der Waals surface area contributed by atoms with E-state index in [4.69, 9.17) is 11.6 Å². The molecule has 106 valence electrons. The summed E-state index contributed by atoms with van der Waals surface area (Å²) >= 11 is 13.1. The Bertz CT molecular complexity index is 657. The fraction of sp³-hybridized carbons (Fsp3) is 0.267. The number of nitrogens with zero attached hydrogens (tertiary/aromatic N) is 1. The number of hydrogen-bond acceptors (Lipinski definition) is 1. The number of benzene rings is 1. The lowest BCUT2D eigenvalue weighted by Crippen LogP contribution is -2.12. The van der Waals surface area contributed by atoms with Crippen LogP contribution in [0.2, 0.25) is 0 Å². The summed E-state index contributed by atoms with van der Waals surface area (Å²) in [5.41, 5.74) is 3.56. The molecule has 0 spiro atoms. The Morgan fingerprint density at radius 1 is 1.25 bits per heavy atom. The summed E-state index contributed by atoms with van der Waals surface area (Å²) in [6.07, 6.45) is 0. The van der Waals surface area contributed by atoms with E-state index in [0.29, 0.717) is 5.56 Å². The molecule has 0 fully saturated rings.